The minimum absolute atomic E-state index is 0.465. The first-order valence-electron chi connectivity index (χ1n) is 7.15. The zero-order valence-corrected chi connectivity index (χ0v) is 13.2. The van der Waals surface area contributed by atoms with Crippen molar-refractivity contribution >= 4 is 11.5 Å². The minimum atomic E-state index is 0.465. The Morgan fingerprint density at radius 3 is 2.44 bits per heavy atom. The summed E-state index contributed by atoms with van der Waals surface area (Å²) in [6, 6.07) is 0.465. The van der Waals surface area contributed by atoms with E-state index in [1.54, 1.807) is 11.5 Å². The van der Waals surface area contributed by atoms with E-state index in [-0.39, 0.29) is 0 Å². The van der Waals surface area contributed by atoms with Crippen molar-refractivity contribution in [1.29, 1.82) is 0 Å². The maximum absolute atomic E-state index is 4.72. The van der Waals surface area contributed by atoms with Crippen molar-refractivity contribution in [2.75, 3.05) is 6.54 Å². The molecule has 1 rings (SSSR count). The molecular formula is C14H27N3S. The summed E-state index contributed by atoms with van der Waals surface area (Å²) in [5.74, 6) is 2.08. The Balaban J connectivity index is 2.76. The van der Waals surface area contributed by atoms with E-state index < -0.39 is 0 Å². The summed E-state index contributed by atoms with van der Waals surface area (Å²) in [7, 11) is 0. The van der Waals surface area contributed by atoms with Crippen molar-refractivity contribution in [2.24, 2.45) is 5.92 Å². The van der Waals surface area contributed by atoms with E-state index >= 15 is 0 Å². The molecule has 18 heavy (non-hydrogen) atoms. The zero-order chi connectivity index (χ0) is 13.5. The normalized spacial score (nSPS) is 15.0. The average molecular weight is 269 g/mol. The van der Waals surface area contributed by atoms with Crippen LogP contribution in [0.3, 0.4) is 0 Å². The smallest absolute Gasteiger partial charge is 0.142 e. The van der Waals surface area contributed by atoms with E-state index in [0.29, 0.717) is 17.9 Å². The summed E-state index contributed by atoms with van der Waals surface area (Å²) >= 11 is 1.59. The van der Waals surface area contributed by atoms with Gasteiger partial charge in [-0.3, -0.25) is 0 Å². The van der Waals surface area contributed by atoms with Gasteiger partial charge in [0.25, 0.3) is 0 Å². The van der Waals surface area contributed by atoms with E-state index in [2.05, 4.69) is 44.3 Å². The van der Waals surface area contributed by atoms with Crippen LogP contribution in [0.2, 0.25) is 0 Å². The van der Waals surface area contributed by atoms with Crippen molar-refractivity contribution in [2.45, 2.75) is 65.8 Å². The summed E-state index contributed by atoms with van der Waals surface area (Å²) in [5.41, 5.74) is 0. The molecule has 4 heteroatoms. The Morgan fingerprint density at radius 2 is 1.89 bits per heavy atom. The molecule has 0 bridgehead atoms. The predicted molar refractivity (Wildman–Crippen MR) is 79.2 cm³/mol. The summed E-state index contributed by atoms with van der Waals surface area (Å²) in [4.78, 5) is 4.72. The largest absolute Gasteiger partial charge is 0.314 e. The lowest BCUT2D eigenvalue weighted by molar-refractivity contribution is 0.376. The summed E-state index contributed by atoms with van der Waals surface area (Å²) in [6.07, 6.45) is 3.29. The third-order valence-electron chi connectivity index (χ3n) is 3.22. The van der Waals surface area contributed by atoms with Gasteiger partial charge in [0.2, 0.25) is 0 Å². The number of aromatic nitrogens is 2. The fourth-order valence-electron chi connectivity index (χ4n) is 2.30. The average Bonchev–Trinajstić information content (AvgIpc) is 2.75. The predicted octanol–water partition coefficient (Wildman–Crippen LogP) is 3.62. The Kier molecular flexibility index (Phi) is 6.79. The van der Waals surface area contributed by atoms with Crippen LogP contribution in [0.1, 0.15) is 64.2 Å². The number of rotatable bonds is 8. The van der Waals surface area contributed by atoms with Crippen LogP contribution in [0.15, 0.2) is 0 Å². The van der Waals surface area contributed by atoms with Crippen LogP contribution in [-0.4, -0.2) is 21.9 Å². The molecule has 1 aromatic heterocycles. The van der Waals surface area contributed by atoms with Gasteiger partial charge in [-0.1, -0.05) is 27.7 Å². The second kappa shape index (κ2) is 7.85. The molecule has 0 aliphatic heterocycles. The molecule has 1 N–H and O–H groups in total. The fraction of sp³-hybridized carbons (Fsp3) is 0.857. The first-order valence-corrected chi connectivity index (χ1v) is 7.93. The van der Waals surface area contributed by atoms with Gasteiger partial charge < -0.3 is 5.32 Å². The maximum Gasteiger partial charge on any atom is 0.142 e. The van der Waals surface area contributed by atoms with Gasteiger partial charge in [-0.2, -0.15) is 4.37 Å². The molecule has 0 fully saturated rings. The van der Waals surface area contributed by atoms with Gasteiger partial charge in [0.15, 0.2) is 0 Å². The monoisotopic (exact) mass is 269 g/mol. The molecule has 3 nitrogen and oxygen atoms in total. The first-order chi connectivity index (χ1) is 8.60. The number of hydrogen-bond donors (Lipinski definition) is 1. The van der Waals surface area contributed by atoms with Crippen molar-refractivity contribution in [3.8, 4) is 0 Å². The number of nitrogens with one attached hydrogen (secondary N) is 1. The zero-order valence-electron chi connectivity index (χ0n) is 12.4. The Bertz CT molecular complexity index is 336. The third-order valence-corrected chi connectivity index (χ3v) is 4.07. The van der Waals surface area contributed by atoms with Crippen LogP contribution in [-0.2, 0) is 6.42 Å². The Labute approximate surface area is 116 Å². The number of hydrogen-bond acceptors (Lipinski definition) is 4. The van der Waals surface area contributed by atoms with Crippen molar-refractivity contribution in [3.05, 3.63) is 10.8 Å². The lowest BCUT2D eigenvalue weighted by atomic mass is 9.90. The van der Waals surface area contributed by atoms with Gasteiger partial charge in [0, 0.05) is 18.4 Å². The van der Waals surface area contributed by atoms with Crippen molar-refractivity contribution < 1.29 is 0 Å². The topological polar surface area (TPSA) is 37.8 Å². The van der Waals surface area contributed by atoms with Gasteiger partial charge >= 0.3 is 0 Å². The SMILES string of the molecule is CCCNC(C)C(c1nc(CCC)ns1)C(C)C. The lowest BCUT2D eigenvalue weighted by Crippen LogP contribution is -2.35. The highest BCUT2D eigenvalue weighted by Gasteiger charge is 2.25. The second-order valence-electron chi connectivity index (χ2n) is 5.31. The van der Waals surface area contributed by atoms with Crippen LogP contribution in [0, 0.1) is 5.92 Å². The highest BCUT2D eigenvalue weighted by molar-refractivity contribution is 7.05. The molecule has 0 saturated carbocycles. The van der Waals surface area contributed by atoms with Gasteiger partial charge in [0.1, 0.15) is 10.8 Å². The van der Waals surface area contributed by atoms with Crippen LogP contribution >= 0.6 is 11.5 Å². The molecule has 2 unspecified atom stereocenters. The fourth-order valence-corrected chi connectivity index (χ4v) is 3.38. The molecule has 104 valence electrons. The Morgan fingerprint density at radius 1 is 1.17 bits per heavy atom. The molecule has 0 saturated heterocycles. The molecule has 0 amide bonds. The molecule has 0 spiro atoms. The van der Waals surface area contributed by atoms with Crippen molar-refractivity contribution in [1.82, 2.24) is 14.7 Å². The molecular weight excluding hydrogens is 242 g/mol. The van der Waals surface area contributed by atoms with Crippen LogP contribution in [0.5, 0.6) is 0 Å². The van der Waals surface area contributed by atoms with E-state index in [0.717, 1.165) is 25.2 Å². The highest BCUT2D eigenvalue weighted by Crippen LogP contribution is 2.29. The summed E-state index contributed by atoms with van der Waals surface area (Å²) in [6.45, 7) is 12.3. The van der Waals surface area contributed by atoms with E-state index in [9.17, 15) is 0 Å². The lowest BCUT2D eigenvalue weighted by Gasteiger charge is -2.26. The quantitative estimate of drug-likeness (QED) is 0.783. The number of nitrogens with zero attached hydrogens (tertiary/aromatic N) is 2. The molecule has 1 heterocycles. The van der Waals surface area contributed by atoms with Gasteiger partial charge in [0.05, 0.1) is 0 Å². The molecule has 0 aliphatic rings. The molecule has 0 radical (unpaired) electrons. The third kappa shape index (κ3) is 4.32. The first kappa shape index (κ1) is 15.6. The standard InChI is InChI=1S/C14H27N3S/c1-6-8-12-16-14(18-17-12)13(10(3)4)11(5)15-9-7-2/h10-11,13,15H,6-9H2,1-5H3. The highest BCUT2D eigenvalue weighted by atomic mass is 32.1. The van der Waals surface area contributed by atoms with Crippen LogP contribution in [0.4, 0.5) is 0 Å². The van der Waals surface area contributed by atoms with Gasteiger partial charge in [-0.05, 0) is 43.8 Å². The van der Waals surface area contributed by atoms with Gasteiger partial charge in [-0.15, -0.1) is 0 Å². The van der Waals surface area contributed by atoms with E-state index in [1.807, 2.05) is 0 Å². The van der Waals surface area contributed by atoms with Crippen LogP contribution in [0.25, 0.3) is 0 Å². The molecule has 2 atom stereocenters. The second-order valence-corrected chi connectivity index (χ2v) is 6.09. The summed E-state index contributed by atoms with van der Waals surface area (Å²) in [5, 5.41) is 4.79. The molecule has 1 aromatic rings. The summed E-state index contributed by atoms with van der Waals surface area (Å²) < 4.78 is 4.47. The number of aryl methyl sites for hydroxylation is 1. The Hall–Kier alpha value is -0.480. The molecule has 0 aromatic carbocycles. The van der Waals surface area contributed by atoms with Gasteiger partial charge in [-0.25, -0.2) is 4.98 Å². The molecule has 0 aliphatic carbocycles. The van der Waals surface area contributed by atoms with E-state index in [4.69, 9.17) is 4.98 Å². The maximum atomic E-state index is 4.72. The van der Waals surface area contributed by atoms with Crippen molar-refractivity contribution in [3.63, 3.8) is 0 Å². The van der Waals surface area contributed by atoms with E-state index in [1.165, 1.54) is 11.4 Å². The van der Waals surface area contributed by atoms with Crippen LogP contribution < -0.4 is 5.32 Å². The minimum Gasteiger partial charge on any atom is -0.314 e.